The minimum atomic E-state index is 0. The van der Waals surface area contributed by atoms with Gasteiger partial charge >= 0.3 is 0 Å². The van der Waals surface area contributed by atoms with Crippen LogP contribution in [-0.2, 0) is 0 Å². The first kappa shape index (κ1) is 289. The summed E-state index contributed by atoms with van der Waals surface area (Å²) in [4.78, 5) is 0. The van der Waals surface area contributed by atoms with E-state index in [1.807, 2.05) is 0 Å². The zero-order valence-corrected chi connectivity index (χ0v) is 6.57. The zero-order valence-electron chi connectivity index (χ0n) is 3.45. The van der Waals surface area contributed by atoms with Crippen molar-refractivity contribution in [2.24, 2.45) is 0 Å². The molecule has 0 spiro atoms. The monoisotopic (exact) mass is 159 g/mol. The molecule has 0 aromatic carbocycles. The topological polar surface area (TPSA) is 0 Å². The van der Waals surface area contributed by atoms with Gasteiger partial charge < -0.3 is 0 Å². The second-order valence-electron chi connectivity index (χ2n) is 0. The summed E-state index contributed by atoms with van der Waals surface area (Å²) in [6.07, 6.45) is 0. The van der Waals surface area contributed by atoms with Crippen LogP contribution in [0.1, 0.15) is 0 Å². The largest absolute Gasteiger partial charge is 0.269 e. The van der Waals surface area contributed by atoms with E-state index in [4.69, 9.17) is 0 Å². The molecule has 0 rings (SSSR count). The molecular formula is H6F6K. The van der Waals surface area contributed by atoms with E-state index in [9.17, 15) is 0 Å². The minimum Gasteiger partial charge on any atom is -0.269 e. The van der Waals surface area contributed by atoms with Crippen molar-refractivity contribution >= 4 is 51.4 Å². The van der Waals surface area contributed by atoms with E-state index < -0.39 is 0 Å². The Morgan fingerprint density at radius 1 is 0.286 bits per heavy atom. The van der Waals surface area contributed by atoms with Crippen molar-refractivity contribution in [2.75, 3.05) is 0 Å². The predicted octanol–water partition coefficient (Wildman–Crippen LogP) is 0.534. The molecule has 7 heavy (non-hydrogen) atoms. The molecule has 0 atom stereocenters. The van der Waals surface area contributed by atoms with E-state index in [2.05, 4.69) is 0 Å². The summed E-state index contributed by atoms with van der Waals surface area (Å²) in [5, 5.41) is 0. The third kappa shape index (κ3) is 133. The molecule has 0 saturated carbocycles. The standard InChI is InChI=1S/6FH.K/h6*1H;. The summed E-state index contributed by atoms with van der Waals surface area (Å²) in [5.41, 5.74) is 0. The molecule has 0 aromatic heterocycles. The van der Waals surface area contributed by atoms with Gasteiger partial charge in [-0.25, -0.2) is 0 Å². The van der Waals surface area contributed by atoms with E-state index in [1.165, 1.54) is 0 Å². The van der Waals surface area contributed by atoms with Crippen LogP contribution >= 0.6 is 0 Å². The normalized spacial score (nSPS) is 0. The molecule has 0 saturated heterocycles. The number of rotatable bonds is 0. The van der Waals surface area contributed by atoms with Gasteiger partial charge in [-0.05, 0) is 0 Å². The molecular weight excluding hydrogens is 153 g/mol. The maximum absolute atomic E-state index is 0. The van der Waals surface area contributed by atoms with Crippen LogP contribution in [-0.4, -0.2) is 51.4 Å². The van der Waals surface area contributed by atoms with Gasteiger partial charge in [-0.15, -0.1) is 0 Å². The third-order valence-electron chi connectivity index (χ3n) is 0. The quantitative estimate of drug-likeness (QED) is 0.357. The van der Waals surface area contributed by atoms with Gasteiger partial charge in [0.1, 0.15) is 0 Å². The molecule has 0 aromatic rings. The van der Waals surface area contributed by atoms with Crippen LogP contribution in [0.25, 0.3) is 0 Å². The smallest absolute Gasteiger partial charge is 0 e. The second kappa shape index (κ2) is 188. The molecule has 49 valence electrons. The van der Waals surface area contributed by atoms with E-state index in [1.54, 1.807) is 0 Å². The Hall–Kier alpha value is 1.22. The maximum atomic E-state index is 0. The van der Waals surface area contributed by atoms with Gasteiger partial charge in [-0.1, -0.05) is 0 Å². The van der Waals surface area contributed by atoms with Crippen LogP contribution in [0, 0.1) is 0 Å². The van der Waals surface area contributed by atoms with Crippen LogP contribution in [0.5, 0.6) is 0 Å². The molecule has 1 radical (unpaired) electrons. The fourth-order valence-electron chi connectivity index (χ4n) is 0. The van der Waals surface area contributed by atoms with Gasteiger partial charge in [-0.3, -0.25) is 28.2 Å². The van der Waals surface area contributed by atoms with E-state index in [-0.39, 0.29) is 79.6 Å². The van der Waals surface area contributed by atoms with Gasteiger partial charge in [0.05, 0.1) is 0 Å². The van der Waals surface area contributed by atoms with Gasteiger partial charge in [0, 0.05) is 51.4 Å². The zero-order chi connectivity index (χ0) is 0. The van der Waals surface area contributed by atoms with E-state index in [0.29, 0.717) is 0 Å². The van der Waals surface area contributed by atoms with Crippen molar-refractivity contribution in [2.45, 2.75) is 0 Å². The Kier molecular flexibility index (Phi) is 7790. The number of hydrogen-bond acceptors (Lipinski definition) is 0. The average Bonchev–Trinajstić information content (AvgIpc) is 0. The molecule has 0 unspecified atom stereocenters. The first-order valence-electron chi connectivity index (χ1n) is 0. The summed E-state index contributed by atoms with van der Waals surface area (Å²) in [7, 11) is 0. The Bertz CT molecular complexity index is 4.14. The first-order chi connectivity index (χ1) is 0. The Morgan fingerprint density at radius 3 is 0.286 bits per heavy atom. The molecule has 0 fully saturated rings. The van der Waals surface area contributed by atoms with Crippen LogP contribution in [0.3, 0.4) is 0 Å². The number of hydrogen-bond donors (Lipinski definition) is 0. The van der Waals surface area contributed by atoms with Crippen molar-refractivity contribution in [3.05, 3.63) is 0 Å². The first-order valence-corrected chi connectivity index (χ1v) is 0. The third-order valence-corrected chi connectivity index (χ3v) is 0. The molecule has 0 N–H and O–H groups in total. The summed E-state index contributed by atoms with van der Waals surface area (Å²) in [6.45, 7) is 0. The number of halogens is 6. The average molecular weight is 159 g/mol. The Morgan fingerprint density at radius 2 is 0.286 bits per heavy atom. The predicted molar refractivity (Wildman–Crippen MR) is 20.8 cm³/mol. The van der Waals surface area contributed by atoms with E-state index >= 15 is 0 Å². The van der Waals surface area contributed by atoms with Crippen molar-refractivity contribution < 1.29 is 28.2 Å². The van der Waals surface area contributed by atoms with Gasteiger partial charge in [0.15, 0.2) is 0 Å². The van der Waals surface area contributed by atoms with Crippen molar-refractivity contribution in [1.29, 1.82) is 0 Å². The summed E-state index contributed by atoms with van der Waals surface area (Å²) in [6, 6.07) is 0. The maximum Gasteiger partial charge on any atom is 0 e. The molecule has 0 amide bonds. The molecule has 0 nitrogen and oxygen atoms in total. The van der Waals surface area contributed by atoms with Gasteiger partial charge in [0.2, 0.25) is 0 Å². The van der Waals surface area contributed by atoms with Crippen LogP contribution in [0.2, 0.25) is 0 Å². The van der Waals surface area contributed by atoms with Gasteiger partial charge in [0.25, 0.3) is 0 Å². The molecule has 7 heteroatoms. The second-order valence-corrected chi connectivity index (χ2v) is 0. The minimum absolute atomic E-state index is 0. The Balaban J connectivity index is 0. The van der Waals surface area contributed by atoms with Crippen molar-refractivity contribution in [3.8, 4) is 0 Å². The summed E-state index contributed by atoms with van der Waals surface area (Å²) < 4.78 is 0. The summed E-state index contributed by atoms with van der Waals surface area (Å²) in [5.74, 6) is 0. The van der Waals surface area contributed by atoms with E-state index in [0.717, 1.165) is 0 Å². The molecule has 0 aliphatic heterocycles. The SMILES string of the molecule is F.F.F.F.F.F.[K]. The molecule has 0 aliphatic carbocycles. The molecule has 0 bridgehead atoms. The van der Waals surface area contributed by atoms with Crippen molar-refractivity contribution in [1.82, 2.24) is 0 Å². The van der Waals surface area contributed by atoms with Gasteiger partial charge in [-0.2, -0.15) is 0 Å². The van der Waals surface area contributed by atoms with Crippen LogP contribution in [0.15, 0.2) is 0 Å². The molecule has 0 aliphatic rings. The van der Waals surface area contributed by atoms with Crippen LogP contribution in [0.4, 0.5) is 28.2 Å². The van der Waals surface area contributed by atoms with Crippen molar-refractivity contribution in [3.63, 3.8) is 0 Å². The van der Waals surface area contributed by atoms with Crippen LogP contribution < -0.4 is 0 Å². The molecule has 0 heterocycles. The fourth-order valence-corrected chi connectivity index (χ4v) is 0. The Labute approximate surface area is 78.7 Å². The summed E-state index contributed by atoms with van der Waals surface area (Å²) >= 11 is 0. The fraction of sp³-hybridized carbons (Fsp3) is 0.